The molecule has 1 aliphatic heterocycles. The number of benzene rings is 3. The number of aliphatic hydroxyl groups is 1. The summed E-state index contributed by atoms with van der Waals surface area (Å²) < 4.78 is 0.903. The summed E-state index contributed by atoms with van der Waals surface area (Å²) in [5.74, 6) is 0. The van der Waals surface area contributed by atoms with Crippen LogP contribution in [0.3, 0.4) is 0 Å². The molecule has 2 unspecified atom stereocenters. The summed E-state index contributed by atoms with van der Waals surface area (Å²) in [6.45, 7) is 2.09. The van der Waals surface area contributed by atoms with Gasteiger partial charge in [0.1, 0.15) is 18.2 Å². The lowest BCUT2D eigenvalue weighted by Crippen LogP contribution is -2.60. The van der Waals surface area contributed by atoms with Crippen LogP contribution in [0.5, 0.6) is 0 Å². The maximum atomic E-state index is 12.2. The van der Waals surface area contributed by atoms with Crippen LogP contribution in [-0.2, 0) is 19.4 Å². The molecular formula is C27H32NO+. The largest absolute Gasteiger partial charge is 0.383 e. The van der Waals surface area contributed by atoms with E-state index >= 15 is 0 Å². The molecule has 2 atom stereocenters. The normalized spacial score (nSPS) is 21.9. The molecule has 0 aliphatic carbocycles. The summed E-state index contributed by atoms with van der Waals surface area (Å²) in [7, 11) is 2.34. The number of quaternary nitrogens is 1. The van der Waals surface area contributed by atoms with Gasteiger partial charge in [0.2, 0.25) is 0 Å². The molecule has 3 aromatic carbocycles. The van der Waals surface area contributed by atoms with Crippen LogP contribution in [0.1, 0.15) is 29.5 Å². The molecule has 1 heterocycles. The zero-order valence-corrected chi connectivity index (χ0v) is 17.4. The molecule has 150 valence electrons. The molecule has 2 heteroatoms. The Balaban J connectivity index is 1.67. The summed E-state index contributed by atoms with van der Waals surface area (Å²) in [5, 5.41) is 12.2. The standard InChI is InChI=1S/C27H32NO/c1-28(22-25-16-9-4-10-17-25)19-11-18-26(28)27(29,20-23-12-5-2-6-13-23)21-24-14-7-3-8-15-24/h2-10,12-17,26,29H,11,18-22H2,1H3/q+1. The zero-order valence-electron chi connectivity index (χ0n) is 17.4. The Morgan fingerprint density at radius 3 is 1.69 bits per heavy atom. The first-order valence-electron chi connectivity index (χ1n) is 10.8. The van der Waals surface area contributed by atoms with Crippen molar-refractivity contribution in [3.63, 3.8) is 0 Å². The van der Waals surface area contributed by atoms with Crippen molar-refractivity contribution >= 4 is 0 Å². The average molecular weight is 387 g/mol. The Labute approximate surface area is 175 Å². The topological polar surface area (TPSA) is 20.2 Å². The third-order valence-electron chi connectivity index (χ3n) is 6.61. The van der Waals surface area contributed by atoms with Crippen molar-refractivity contribution in [2.45, 2.75) is 43.9 Å². The Bertz CT molecular complexity index is 852. The minimum Gasteiger partial charge on any atom is -0.383 e. The Hall–Kier alpha value is -2.42. The van der Waals surface area contributed by atoms with Gasteiger partial charge >= 0.3 is 0 Å². The van der Waals surface area contributed by atoms with Crippen molar-refractivity contribution in [3.8, 4) is 0 Å². The minimum atomic E-state index is -0.775. The lowest BCUT2D eigenvalue weighted by atomic mass is 9.80. The van der Waals surface area contributed by atoms with Gasteiger partial charge in [-0.2, -0.15) is 0 Å². The van der Waals surface area contributed by atoms with Gasteiger partial charge in [-0.1, -0.05) is 91.0 Å². The second-order valence-corrected chi connectivity index (χ2v) is 8.93. The van der Waals surface area contributed by atoms with Crippen LogP contribution >= 0.6 is 0 Å². The van der Waals surface area contributed by atoms with Gasteiger partial charge in [-0.3, -0.25) is 0 Å². The van der Waals surface area contributed by atoms with Crippen LogP contribution in [-0.4, -0.2) is 34.8 Å². The van der Waals surface area contributed by atoms with E-state index in [-0.39, 0.29) is 6.04 Å². The molecule has 0 amide bonds. The SMILES string of the molecule is C[N+]1(Cc2ccccc2)CCCC1C(O)(Cc1ccccc1)Cc1ccccc1. The van der Waals surface area contributed by atoms with E-state index in [4.69, 9.17) is 0 Å². The molecule has 3 aromatic rings. The number of hydrogen-bond acceptors (Lipinski definition) is 1. The monoisotopic (exact) mass is 386 g/mol. The summed E-state index contributed by atoms with van der Waals surface area (Å²) >= 11 is 0. The van der Waals surface area contributed by atoms with Crippen molar-refractivity contribution in [1.29, 1.82) is 0 Å². The van der Waals surface area contributed by atoms with E-state index in [2.05, 4.69) is 85.9 Å². The third kappa shape index (κ3) is 4.60. The van der Waals surface area contributed by atoms with Crippen LogP contribution in [0, 0.1) is 0 Å². The van der Waals surface area contributed by atoms with E-state index < -0.39 is 5.60 Å². The number of likely N-dealkylation sites (N-methyl/N-ethyl adjacent to an activating group) is 1. The van der Waals surface area contributed by atoms with Gasteiger partial charge in [-0.25, -0.2) is 0 Å². The number of nitrogens with zero attached hydrogens (tertiary/aromatic N) is 1. The maximum absolute atomic E-state index is 12.2. The predicted molar refractivity (Wildman–Crippen MR) is 119 cm³/mol. The summed E-state index contributed by atoms with van der Waals surface area (Å²) in [6, 6.07) is 31.9. The molecular weight excluding hydrogens is 354 g/mol. The van der Waals surface area contributed by atoms with E-state index in [0.717, 1.165) is 24.0 Å². The summed E-state index contributed by atoms with van der Waals surface area (Å²) in [6.07, 6.45) is 3.62. The third-order valence-corrected chi connectivity index (χ3v) is 6.61. The second kappa shape index (κ2) is 8.52. The molecule has 1 N–H and O–H groups in total. The fourth-order valence-corrected chi connectivity index (χ4v) is 5.35. The first kappa shape index (κ1) is 19.9. The molecule has 1 aliphatic rings. The van der Waals surface area contributed by atoms with Crippen LogP contribution in [0.2, 0.25) is 0 Å². The molecule has 1 fully saturated rings. The quantitative estimate of drug-likeness (QED) is 0.566. The van der Waals surface area contributed by atoms with Crippen LogP contribution in [0.15, 0.2) is 91.0 Å². The van der Waals surface area contributed by atoms with Crippen molar-refractivity contribution in [2.24, 2.45) is 0 Å². The lowest BCUT2D eigenvalue weighted by molar-refractivity contribution is -0.940. The van der Waals surface area contributed by atoms with E-state index in [9.17, 15) is 5.11 Å². The first-order valence-corrected chi connectivity index (χ1v) is 10.8. The van der Waals surface area contributed by atoms with Gasteiger partial charge in [0.05, 0.1) is 13.6 Å². The van der Waals surface area contributed by atoms with Gasteiger partial charge in [-0.15, -0.1) is 0 Å². The van der Waals surface area contributed by atoms with E-state index in [1.165, 1.54) is 23.1 Å². The van der Waals surface area contributed by atoms with Crippen molar-refractivity contribution < 1.29 is 9.59 Å². The van der Waals surface area contributed by atoms with Crippen LogP contribution < -0.4 is 0 Å². The zero-order chi connectivity index (χ0) is 20.2. The maximum Gasteiger partial charge on any atom is 0.124 e. The Morgan fingerprint density at radius 2 is 1.21 bits per heavy atom. The fraction of sp³-hybridized carbons (Fsp3) is 0.333. The number of rotatable bonds is 7. The average Bonchev–Trinajstić information content (AvgIpc) is 3.12. The van der Waals surface area contributed by atoms with Gasteiger partial charge in [0.25, 0.3) is 0 Å². The lowest BCUT2D eigenvalue weighted by Gasteiger charge is -2.45. The van der Waals surface area contributed by atoms with Gasteiger partial charge in [0, 0.05) is 31.2 Å². The Kier molecular flexibility index (Phi) is 5.84. The van der Waals surface area contributed by atoms with Crippen molar-refractivity contribution in [2.75, 3.05) is 13.6 Å². The van der Waals surface area contributed by atoms with Gasteiger partial charge in [0.15, 0.2) is 0 Å². The van der Waals surface area contributed by atoms with E-state index in [1.807, 2.05) is 12.1 Å². The Morgan fingerprint density at radius 1 is 0.759 bits per heavy atom. The van der Waals surface area contributed by atoms with Crippen LogP contribution in [0.4, 0.5) is 0 Å². The molecule has 0 aromatic heterocycles. The molecule has 0 radical (unpaired) electrons. The number of hydrogen-bond donors (Lipinski definition) is 1. The van der Waals surface area contributed by atoms with Gasteiger partial charge < -0.3 is 9.59 Å². The minimum absolute atomic E-state index is 0.211. The van der Waals surface area contributed by atoms with Crippen molar-refractivity contribution in [3.05, 3.63) is 108 Å². The molecule has 0 spiro atoms. The van der Waals surface area contributed by atoms with Gasteiger partial charge in [-0.05, 0) is 11.1 Å². The second-order valence-electron chi connectivity index (χ2n) is 8.93. The molecule has 2 nitrogen and oxygen atoms in total. The van der Waals surface area contributed by atoms with Crippen molar-refractivity contribution in [1.82, 2.24) is 0 Å². The number of likely N-dealkylation sites (tertiary alicyclic amines) is 1. The highest BCUT2D eigenvalue weighted by Gasteiger charge is 2.51. The summed E-state index contributed by atoms with van der Waals surface area (Å²) in [4.78, 5) is 0. The highest BCUT2D eigenvalue weighted by atomic mass is 16.3. The molecule has 0 saturated carbocycles. The highest BCUT2D eigenvalue weighted by Crippen LogP contribution is 2.38. The molecule has 0 bridgehead atoms. The smallest absolute Gasteiger partial charge is 0.124 e. The fourth-order valence-electron chi connectivity index (χ4n) is 5.35. The first-order chi connectivity index (χ1) is 14.1. The molecule has 4 rings (SSSR count). The highest BCUT2D eigenvalue weighted by molar-refractivity contribution is 5.23. The summed E-state index contributed by atoms with van der Waals surface area (Å²) in [5.41, 5.74) is 3.00. The van der Waals surface area contributed by atoms with E-state index in [1.54, 1.807) is 0 Å². The predicted octanol–water partition coefficient (Wildman–Crippen LogP) is 5.01. The molecule has 1 saturated heterocycles. The van der Waals surface area contributed by atoms with Crippen LogP contribution in [0.25, 0.3) is 0 Å². The van der Waals surface area contributed by atoms with E-state index in [0.29, 0.717) is 12.8 Å². The molecule has 29 heavy (non-hydrogen) atoms.